The zero-order valence-corrected chi connectivity index (χ0v) is 19.4. The van der Waals surface area contributed by atoms with E-state index in [4.69, 9.17) is 18.6 Å². The Hall–Kier alpha value is -3.99. The summed E-state index contributed by atoms with van der Waals surface area (Å²) in [5.74, 6) is -3.86. The van der Waals surface area contributed by atoms with Crippen molar-refractivity contribution in [2.24, 2.45) is 0 Å². The molecule has 1 spiro atoms. The number of rotatable bonds is 0. The molecule has 0 saturated carbocycles. The molecule has 0 radical (unpaired) electrons. The first-order chi connectivity index (χ1) is 17.0. The Kier molecular flexibility index (Phi) is 4.53. The van der Waals surface area contributed by atoms with Gasteiger partial charge in [0.05, 0.1) is 17.6 Å². The molecule has 2 aliphatic heterocycles. The number of hydrogen-bond donors (Lipinski definition) is 3. The van der Waals surface area contributed by atoms with Crippen molar-refractivity contribution < 1.29 is 43.5 Å². The van der Waals surface area contributed by atoms with E-state index in [-0.39, 0.29) is 56.9 Å². The molecule has 1 aliphatic carbocycles. The minimum Gasteiger partial charge on any atom is -0.504 e. The molecule has 0 bridgehead atoms. The lowest BCUT2D eigenvalue weighted by molar-refractivity contribution is -0.334. The molecule has 3 heterocycles. The fraction of sp³-hybridized carbons (Fsp3) is 0.269. The fourth-order valence-corrected chi connectivity index (χ4v) is 5.08. The maximum absolute atomic E-state index is 12.8. The monoisotopic (exact) mass is 492 g/mol. The molecule has 36 heavy (non-hydrogen) atoms. The number of hydrogen-bond acceptors (Lipinski definition) is 10. The summed E-state index contributed by atoms with van der Waals surface area (Å²) >= 11 is 0. The Bertz CT molecular complexity index is 1630. The van der Waals surface area contributed by atoms with Gasteiger partial charge in [-0.1, -0.05) is 0 Å². The molecule has 10 heteroatoms. The number of ether oxygens (including phenoxy) is 3. The van der Waals surface area contributed by atoms with Gasteiger partial charge in [-0.3, -0.25) is 9.59 Å². The van der Waals surface area contributed by atoms with E-state index < -0.39 is 41.1 Å². The van der Waals surface area contributed by atoms with Crippen LogP contribution >= 0.6 is 0 Å². The standard InChI is InChI=1S/C26H20O10/c1-9-4-15(27)18-11(3)19-23(22(30)20(18)21(9)29)36-26(24(19)31)33-8-16(28)14-6-12-5-10(2)34-25(32)13(12)7-17(14)35-26/h4-7,16,24,28,30-31H,8H2,1-3H3/t16?,24?,26-/m0/s1. The average molecular weight is 492 g/mol. The summed E-state index contributed by atoms with van der Waals surface area (Å²) in [5.41, 5.74) is -0.243. The average Bonchev–Trinajstić information content (AvgIpc) is 3.02. The van der Waals surface area contributed by atoms with Crippen LogP contribution in [0.2, 0.25) is 0 Å². The quantitative estimate of drug-likeness (QED) is 0.427. The first-order valence-corrected chi connectivity index (χ1v) is 11.2. The number of aliphatic hydroxyl groups is 2. The molecule has 3 aromatic rings. The molecule has 6 rings (SSSR count). The zero-order valence-electron chi connectivity index (χ0n) is 19.4. The van der Waals surface area contributed by atoms with Gasteiger partial charge in [0.1, 0.15) is 17.6 Å². The highest BCUT2D eigenvalue weighted by molar-refractivity contribution is 6.26. The van der Waals surface area contributed by atoms with E-state index in [1.165, 1.54) is 26.0 Å². The number of Topliss-reactive ketones (excluding diaryl/α,β-unsaturated/α-hetero) is 1. The highest BCUT2D eigenvalue weighted by Crippen LogP contribution is 2.55. The third kappa shape index (κ3) is 2.86. The molecule has 3 aliphatic rings. The van der Waals surface area contributed by atoms with Gasteiger partial charge in [-0.15, -0.1) is 0 Å². The summed E-state index contributed by atoms with van der Waals surface area (Å²) in [6.45, 7) is 4.23. The van der Waals surface area contributed by atoms with E-state index in [0.717, 1.165) is 0 Å². The number of benzene rings is 2. The molecule has 1 aromatic heterocycles. The van der Waals surface area contributed by atoms with Gasteiger partial charge in [0.2, 0.25) is 0 Å². The molecule has 3 N–H and O–H groups in total. The van der Waals surface area contributed by atoms with Crippen LogP contribution in [0.3, 0.4) is 0 Å². The summed E-state index contributed by atoms with van der Waals surface area (Å²) in [6, 6.07) is 4.55. The Labute approximate surface area is 202 Å². The van der Waals surface area contributed by atoms with Crippen LogP contribution in [0.15, 0.2) is 39.1 Å². The molecule has 0 amide bonds. The predicted molar refractivity (Wildman–Crippen MR) is 122 cm³/mol. The van der Waals surface area contributed by atoms with Gasteiger partial charge < -0.3 is 33.9 Å². The van der Waals surface area contributed by atoms with Crippen molar-refractivity contribution in [1.29, 1.82) is 0 Å². The Morgan fingerprint density at radius 3 is 2.50 bits per heavy atom. The first kappa shape index (κ1) is 22.5. The number of aromatic hydroxyl groups is 1. The molecule has 184 valence electrons. The van der Waals surface area contributed by atoms with Gasteiger partial charge in [0.25, 0.3) is 0 Å². The number of phenols is 1. The van der Waals surface area contributed by atoms with Crippen LogP contribution in [0.1, 0.15) is 62.3 Å². The summed E-state index contributed by atoms with van der Waals surface area (Å²) in [5, 5.41) is 33.8. The van der Waals surface area contributed by atoms with Crippen LogP contribution in [0.25, 0.3) is 10.8 Å². The SMILES string of the molecule is CC1=CC(=O)c2c(C)c3c(c(O)c2C1=O)O[C@]1(OCC(O)c2cc4cc(C)oc(=O)c4cc2O1)C3O. The van der Waals surface area contributed by atoms with Crippen molar-refractivity contribution in [3.8, 4) is 17.2 Å². The van der Waals surface area contributed by atoms with Crippen molar-refractivity contribution in [3.63, 3.8) is 0 Å². The number of ketones is 2. The van der Waals surface area contributed by atoms with Gasteiger partial charge in [0, 0.05) is 22.3 Å². The molecular formula is C26H20O10. The Morgan fingerprint density at radius 2 is 1.75 bits per heavy atom. The highest BCUT2D eigenvalue weighted by atomic mass is 16.9. The normalized spacial score (nSPS) is 24.5. The van der Waals surface area contributed by atoms with E-state index >= 15 is 0 Å². The highest BCUT2D eigenvalue weighted by Gasteiger charge is 2.57. The number of aryl methyl sites for hydroxylation is 1. The summed E-state index contributed by atoms with van der Waals surface area (Å²) in [6.07, 6.45) is -1.74. The minimum atomic E-state index is -2.28. The van der Waals surface area contributed by atoms with Crippen LogP contribution in [0, 0.1) is 13.8 Å². The Balaban J connectivity index is 1.53. The van der Waals surface area contributed by atoms with Crippen molar-refractivity contribution in [2.75, 3.05) is 6.61 Å². The van der Waals surface area contributed by atoms with Crippen molar-refractivity contribution in [1.82, 2.24) is 0 Å². The number of aliphatic hydroxyl groups excluding tert-OH is 2. The van der Waals surface area contributed by atoms with Gasteiger partial charge in [-0.2, -0.15) is 0 Å². The van der Waals surface area contributed by atoms with Crippen LogP contribution in [0.4, 0.5) is 0 Å². The van der Waals surface area contributed by atoms with Gasteiger partial charge in [-0.25, -0.2) is 4.79 Å². The number of fused-ring (bicyclic) bond motifs is 4. The van der Waals surface area contributed by atoms with Crippen LogP contribution in [0.5, 0.6) is 17.2 Å². The largest absolute Gasteiger partial charge is 0.504 e. The van der Waals surface area contributed by atoms with Crippen LogP contribution in [-0.2, 0) is 4.74 Å². The van der Waals surface area contributed by atoms with Crippen molar-refractivity contribution >= 4 is 22.3 Å². The number of allylic oxidation sites excluding steroid dienone is 2. The zero-order chi connectivity index (χ0) is 25.7. The van der Waals surface area contributed by atoms with E-state index in [1.807, 2.05) is 0 Å². The molecule has 3 atom stereocenters. The van der Waals surface area contributed by atoms with E-state index in [0.29, 0.717) is 11.1 Å². The molecular weight excluding hydrogens is 472 g/mol. The second-order valence-corrected chi connectivity index (χ2v) is 9.15. The lowest BCUT2D eigenvalue weighted by atomic mass is 9.83. The second-order valence-electron chi connectivity index (χ2n) is 9.15. The molecule has 10 nitrogen and oxygen atoms in total. The number of carbonyl (C=O) groups is 2. The van der Waals surface area contributed by atoms with Crippen molar-refractivity contribution in [2.45, 2.75) is 39.0 Å². The van der Waals surface area contributed by atoms with Crippen LogP contribution < -0.4 is 15.1 Å². The maximum Gasteiger partial charge on any atom is 0.404 e. The number of carbonyl (C=O) groups excluding carboxylic acids is 2. The van der Waals surface area contributed by atoms with Gasteiger partial charge in [-0.05, 0) is 56.0 Å². The van der Waals surface area contributed by atoms with Crippen molar-refractivity contribution in [3.05, 3.63) is 73.8 Å². The third-order valence-electron chi connectivity index (χ3n) is 6.83. The van der Waals surface area contributed by atoms with Gasteiger partial charge in [0.15, 0.2) is 29.2 Å². The van der Waals surface area contributed by atoms with E-state index in [2.05, 4.69) is 0 Å². The predicted octanol–water partition coefficient (Wildman–Crippen LogP) is 2.66. The van der Waals surface area contributed by atoms with E-state index in [9.17, 15) is 29.7 Å². The summed E-state index contributed by atoms with van der Waals surface area (Å²) in [4.78, 5) is 38.0. The molecule has 2 unspecified atom stereocenters. The van der Waals surface area contributed by atoms with Gasteiger partial charge >= 0.3 is 11.6 Å². The fourth-order valence-electron chi connectivity index (χ4n) is 5.08. The second kappa shape index (κ2) is 7.26. The first-order valence-electron chi connectivity index (χ1n) is 11.2. The molecule has 0 saturated heterocycles. The molecule has 2 aromatic carbocycles. The minimum absolute atomic E-state index is 0.00854. The maximum atomic E-state index is 12.8. The Morgan fingerprint density at radius 1 is 1.00 bits per heavy atom. The summed E-state index contributed by atoms with van der Waals surface area (Å²) < 4.78 is 22.7. The van der Waals surface area contributed by atoms with E-state index in [1.54, 1.807) is 19.1 Å². The topological polar surface area (TPSA) is 153 Å². The molecule has 0 fully saturated rings. The third-order valence-corrected chi connectivity index (χ3v) is 6.83. The summed E-state index contributed by atoms with van der Waals surface area (Å²) in [7, 11) is 0. The van der Waals surface area contributed by atoms with Crippen LogP contribution in [-0.4, -0.2) is 39.5 Å². The lowest BCUT2D eigenvalue weighted by Crippen LogP contribution is -2.47. The lowest BCUT2D eigenvalue weighted by Gasteiger charge is -2.30. The smallest absolute Gasteiger partial charge is 0.404 e. The number of phenolic OH excluding ortho intramolecular Hbond substituents is 1.